The van der Waals surface area contributed by atoms with Crippen LogP contribution in [0.4, 0.5) is 8.78 Å². The highest BCUT2D eigenvalue weighted by Gasteiger charge is 2.10. The third kappa shape index (κ3) is 4.32. The van der Waals surface area contributed by atoms with Gasteiger partial charge in [-0.1, -0.05) is 24.3 Å². The van der Waals surface area contributed by atoms with Crippen LogP contribution < -0.4 is 0 Å². The average molecular weight is 311 g/mol. The molecular weight excluding hydrogens is 296 g/mol. The lowest BCUT2D eigenvalue weighted by atomic mass is 10.1. The Morgan fingerprint density at radius 1 is 1.33 bits per heavy atom. The van der Waals surface area contributed by atoms with Crippen LogP contribution in [0.1, 0.15) is 31.0 Å². The Morgan fingerprint density at radius 2 is 2.05 bits per heavy atom. The molecule has 2 aromatic rings. The minimum Gasteiger partial charge on any atom is -0.466 e. The summed E-state index contributed by atoms with van der Waals surface area (Å²) in [6.45, 7) is 2.14. The van der Waals surface area contributed by atoms with E-state index in [1.54, 1.807) is 19.1 Å². The van der Waals surface area contributed by atoms with Gasteiger partial charge in [0.15, 0.2) is 0 Å². The number of esters is 1. The van der Waals surface area contributed by atoms with Crippen molar-refractivity contribution in [1.29, 1.82) is 0 Å². The first kappa shape index (κ1) is 15.6. The van der Waals surface area contributed by atoms with Gasteiger partial charge < -0.3 is 4.74 Å². The van der Waals surface area contributed by atoms with Gasteiger partial charge in [0.25, 0.3) is 6.43 Å². The Morgan fingerprint density at radius 3 is 2.67 bits per heavy atom. The van der Waals surface area contributed by atoms with Crippen molar-refractivity contribution >= 4 is 17.3 Å². The lowest BCUT2D eigenvalue weighted by Gasteiger charge is -2.01. The Bertz CT molecular complexity index is 596. The van der Waals surface area contributed by atoms with Crippen LogP contribution in [0, 0.1) is 0 Å². The zero-order valence-electron chi connectivity index (χ0n) is 11.5. The predicted molar refractivity (Wildman–Crippen MR) is 77.5 cm³/mol. The monoisotopic (exact) mass is 311 g/mol. The van der Waals surface area contributed by atoms with E-state index in [1.807, 2.05) is 5.38 Å². The van der Waals surface area contributed by atoms with E-state index < -0.39 is 6.43 Å². The van der Waals surface area contributed by atoms with Crippen LogP contribution in [-0.2, 0) is 16.0 Å². The Balaban J connectivity index is 2.00. The highest BCUT2D eigenvalue weighted by atomic mass is 32.1. The summed E-state index contributed by atoms with van der Waals surface area (Å²) in [5.41, 5.74) is 1.60. The van der Waals surface area contributed by atoms with Crippen molar-refractivity contribution in [2.24, 2.45) is 0 Å². The zero-order chi connectivity index (χ0) is 15.2. The Labute approximate surface area is 125 Å². The Kier molecular flexibility index (Phi) is 5.38. The van der Waals surface area contributed by atoms with Gasteiger partial charge in [0.05, 0.1) is 18.7 Å². The number of aromatic nitrogens is 1. The van der Waals surface area contributed by atoms with Crippen molar-refractivity contribution < 1.29 is 18.3 Å². The maximum absolute atomic E-state index is 12.5. The molecule has 0 fully saturated rings. The fourth-order valence-electron chi connectivity index (χ4n) is 1.79. The summed E-state index contributed by atoms with van der Waals surface area (Å²) >= 11 is 1.43. The molecule has 1 aromatic carbocycles. The van der Waals surface area contributed by atoms with Gasteiger partial charge in [0.2, 0.25) is 0 Å². The SMILES string of the molecule is CCOC(=O)CCc1csc(-c2ccc(C(F)F)cc2)n1. The second kappa shape index (κ2) is 7.26. The normalized spacial score (nSPS) is 10.9. The smallest absolute Gasteiger partial charge is 0.306 e. The first-order chi connectivity index (χ1) is 10.1. The van der Waals surface area contributed by atoms with E-state index in [-0.39, 0.29) is 11.5 Å². The van der Waals surface area contributed by atoms with Gasteiger partial charge in [-0.05, 0) is 6.92 Å². The fourth-order valence-corrected chi connectivity index (χ4v) is 2.65. The van der Waals surface area contributed by atoms with Gasteiger partial charge in [0, 0.05) is 22.9 Å². The van der Waals surface area contributed by atoms with Gasteiger partial charge in [-0.3, -0.25) is 4.79 Å². The maximum Gasteiger partial charge on any atom is 0.306 e. The average Bonchev–Trinajstić information content (AvgIpc) is 2.94. The third-order valence-electron chi connectivity index (χ3n) is 2.85. The molecular formula is C15H15F2NO2S. The van der Waals surface area contributed by atoms with Crippen LogP contribution in [-0.4, -0.2) is 17.6 Å². The summed E-state index contributed by atoms with van der Waals surface area (Å²) in [4.78, 5) is 15.7. The number of carbonyl (C=O) groups excluding carboxylic acids is 1. The molecule has 0 aliphatic rings. The standard InChI is InChI=1S/C15H15F2NO2S/c1-2-20-13(19)8-7-12-9-21-15(18-12)11-5-3-10(4-6-11)14(16)17/h3-6,9,14H,2,7-8H2,1H3. The number of hydrogen-bond donors (Lipinski definition) is 0. The van der Waals surface area contributed by atoms with Crippen LogP contribution in [0.5, 0.6) is 0 Å². The molecule has 2 rings (SSSR count). The number of alkyl halides is 2. The second-order valence-corrected chi connectivity index (χ2v) is 5.23. The number of nitrogens with zero attached hydrogens (tertiary/aromatic N) is 1. The molecule has 0 N–H and O–H groups in total. The van der Waals surface area contributed by atoms with Crippen molar-refractivity contribution in [3.8, 4) is 10.6 Å². The van der Waals surface area contributed by atoms with E-state index >= 15 is 0 Å². The molecule has 1 aromatic heterocycles. The van der Waals surface area contributed by atoms with Crippen LogP contribution >= 0.6 is 11.3 Å². The van der Waals surface area contributed by atoms with Crippen molar-refractivity contribution in [2.45, 2.75) is 26.2 Å². The molecule has 0 bridgehead atoms. The molecule has 0 spiro atoms. The zero-order valence-corrected chi connectivity index (χ0v) is 12.3. The first-order valence-electron chi connectivity index (χ1n) is 6.58. The summed E-state index contributed by atoms with van der Waals surface area (Å²) in [5, 5.41) is 2.63. The van der Waals surface area contributed by atoms with E-state index in [9.17, 15) is 13.6 Å². The molecule has 112 valence electrons. The molecule has 0 aliphatic carbocycles. The maximum atomic E-state index is 12.5. The van der Waals surface area contributed by atoms with E-state index in [2.05, 4.69) is 4.98 Å². The molecule has 0 aliphatic heterocycles. The molecule has 0 radical (unpaired) electrons. The van der Waals surface area contributed by atoms with Gasteiger partial charge in [-0.25, -0.2) is 13.8 Å². The second-order valence-electron chi connectivity index (χ2n) is 4.37. The number of hydrogen-bond acceptors (Lipinski definition) is 4. The summed E-state index contributed by atoms with van der Waals surface area (Å²) in [6, 6.07) is 6.07. The van der Waals surface area contributed by atoms with Gasteiger partial charge >= 0.3 is 5.97 Å². The molecule has 6 heteroatoms. The summed E-state index contributed by atoms with van der Waals surface area (Å²) < 4.78 is 29.8. The van der Waals surface area contributed by atoms with Crippen LogP contribution in [0.25, 0.3) is 10.6 Å². The number of rotatable bonds is 6. The van der Waals surface area contributed by atoms with Crippen molar-refractivity contribution in [3.05, 3.63) is 40.9 Å². The molecule has 0 unspecified atom stereocenters. The minimum absolute atomic E-state index is 0.00200. The van der Waals surface area contributed by atoms with Gasteiger partial charge in [0.1, 0.15) is 5.01 Å². The van der Waals surface area contributed by atoms with Crippen LogP contribution in [0.15, 0.2) is 29.6 Å². The topological polar surface area (TPSA) is 39.2 Å². The number of ether oxygens (including phenoxy) is 1. The first-order valence-corrected chi connectivity index (χ1v) is 7.46. The van der Waals surface area contributed by atoms with Crippen molar-refractivity contribution in [1.82, 2.24) is 4.98 Å². The molecule has 3 nitrogen and oxygen atoms in total. The van der Waals surface area contributed by atoms with Crippen molar-refractivity contribution in [2.75, 3.05) is 6.61 Å². The van der Waals surface area contributed by atoms with E-state index in [0.717, 1.165) is 16.3 Å². The predicted octanol–water partition coefficient (Wildman–Crippen LogP) is 4.24. The van der Waals surface area contributed by atoms with Gasteiger partial charge in [-0.15, -0.1) is 11.3 Å². The number of benzene rings is 1. The quantitative estimate of drug-likeness (QED) is 0.749. The van der Waals surface area contributed by atoms with Crippen LogP contribution in [0.3, 0.4) is 0 Å². The summed E-state index contributed by atoms with van der Waals surface area (Å²) in [7, 11) is 0. The molecule has 0 saturated carbocycles. The third-order valence-corrected chi connectivity index (χ3v) is 3.79. The summed E-state index contributed by atoms with van der Waals surface area (Å²) in [6.07, 6.45) is -1.65. The number of halogens is 2. The fraction of sp³-hybridized carbons (Fsp3) is 0.333. The molecule has 1 heterocycles. The van der Waals surface area contributed by atoms with E-state index in [4.69, 9.17) is 4.74 Å². The minimum atomic E-state index is -2.46. The molecule has 0 amide bonds. The van der Waals surface area contributed by atoms with Crippen molar-refractivity contribution in [3.63, 3.8) is 0 Å². The van der Waals surface area contributed by atoms with Crippen LogP contribution in [0.2, 0.25) is 0 Å². The van der Waals surface area contributed by atoms with Gasteiger partial charge in [-0.2, -0.15) is 0 Å². The molecule has 0 atom stereocenters. The van der Waals surface area contributed by atoms with E-state index in [0.29, 0.717) is 19.4 Å². The molecule has 21 heavy (non-hydrogen) atoms. The summed E-state index contributed by atoms with van der Waals surface area (Å²) in [5.74, 6) is -0.242. The van der Waals surface area contributed by atoms with E-state index in [1.165, 1.54) is 23.5 Å². The lowest BCUT2D eigenvalue weighted by Crippen LogP contribution is -2.05. The lowest BCUT2D eigenvalue weighted by molar-refractivity contribution is -0.143. The number of aryl methyl sites for hydroxylation is 1. The Hall–Kier alpha value is -1.82. The number of thiazole rings is 1. The molecule has 0 saturated heterocycles. The highest BCUT2D eigenvalue weighted by Crippen LogP contribution is 2.27. The largest absolute Gasteiger partial charge is 0.466 e. The highest BCUT2D eigenvalue weighted by molar-refractivity contribution is 7.13. The number of carbonyl (C=O) groups is 1.